The molecule has 2 heterocycles. The highest BCUT2D eigenvalue weighted by molar-refractivity contribution is 5.93. The third-order valence-corrected chi connectivity index (χ3v) is 4.46. The smallest absolute Gasteiger partial charge is 0.338 e. The molecule has 0 saturated carbocycles. The second-order valence-corrected chi connectivity index (χ2v) is 5.85. The summed E-state index contributed by atoms with van der Waals surface area (Å²) in [6.45, 7) is 2.24. The SMILES string of the molecule is CCOC(=O)C12CCC(=O)N1CC(OC(=O)c1ccccc1)C2. The normalized spacial score (nSPS) is 26.0. The van der Waals surface area contributed by atoms with Crippen molar-refractivity contribution >= 4 is 17.8 Å². The molecule has 0 N–H and O–H groups in total. The quantitative estimate of drug-likeness (QED) is 0.788. The van der Waals surface area contributed by atoms with Gasteiger partial charge in [-0.15, -0.1) is 0 Å². The summed E-state index contributed by atoms with van der Waals surface area (Å²) in [6, 6.07) is 8.67. The molecule has 2 aliphatic rings. The standard InChI is InChI=1S/C17H19NO5/c1-2-22-16(21)17-9-8-14(19)18(17)11-13(10-17)23-15(20)12-6-4-3-5-7-12/h3-7,13H,2,8-11H2,1H3. The number of amides is 1. The molecule has 2 fully saturated rings. The van der Waals surface area contributed by atoms with Crippen molar-refractivity contribution in [1.29, 1.82) is 0 Å². The molecular formula is C17H19NO5. The van der Waals surface area contributed by atoms with Crippen LogP contribution in [0.15, 0.2) is 30.3 Å². The maximum atomic E-state index is 12.3. The minimum atomic E-state index is -0.964. The molecule has 6 heteroatoms. The summed E-state index contributed by atoms with van der Waals surface area (Å²) in [4.78, 5) is 38.1. The summed E-state index contributed by atoms with van der Waals surface area (Å²) in [7, 11) is 0. The van der Waals surface area contributed by atoms with Crippen LogP contribution in [-0.2, 0) is 19.1 Å². The van der Waals surface area contributed by atoms with Gasteiger partial charge in [-0.3, -0.25) is 4.79 Å². The average Bonchev–Trinajstić information content (AvgIpc) is 3.07. The predicted molar refractivity (Wildman–Crippen MR) is 80.6 cm³/mol. The molecule has 0 spiro atoms. The van der Waals surface area contributed by atoms with Crippen molar-refractivity contribution < 1.29 is 23.9 Å². The minimum absolute atomic E-state index is 0.0867. The first kappa shape index (κ1) is 15.5. The first-order chi connectivity index (χ1) is 11.1. The third-order valence-electron chi connectivity index (χ3n) is 4.46. The first-order valence-corrected chi connectivity index (χ1v) is 7.80. The Labute approximate surface area is 134 Å². The highest BCUT2D eigenvalue weighted by Gasteiger charge is 2.58. The van der Waals surface area contributed by atoms with Crippen LogP contribution in [-0.4, -0.2) is 47.5 Å². The summed E-state index contributed by atoms with van der Waals surface area (Å²) >= 11 is 0. The number of carbonyl (C=O) groups is 3. The van der Waals surface area contributed by atoms with E-state index >= 15 is 0 Å². The fourth-order valence-electron chi connectivity index (χ4n) is 3.39. The Morgan fingerprint density at radius 3 is 2.74 bits per heavy atom. The van der Waals surface area contributed by atoms with Crippen LogP contribution in [0.3, 0.4) is 0 Å². The van der Waals surface area contributed by atoms with E-state index in [0.29, 0.717) is 24.8 Å². The zero-order valence-electron chi connectivity index (χ0n) is 13.0. The fourth-order valence-corrected chi connectivity index (χ4v) is 3.39. The number of hydrogen-bond acceptors (Lipinski definition) is 5. The molecule has 0 aliphatic carbocycles. The second-order valence-electron chi connectivity index (χ2n) is 5.85. The molecule has 1 aromatic rings. The van der Waals surface area contributed by atoms with E-state index in [1.165, 1.54) is 4.90 Å². The third kappa shape index (κ3) is 2.69. The van der Waals surface area contributed by atoms with Gasteiger partial charge < -0.3 is 14.4 Å². The molecule has 0 aromatic heterocycles. The summed E-state index contributed by atoms with van der Waals surface area (Å²) in [5.74, 6) is -0.927. The van der Waals surface area contributed by atoms with Gasteiger partial charge in [0.15, 0.2) is 0 Å². The first-order valence-electron chi connectivity index (χ1n) is 7.80. The molecule has 2 saturated heterocycles. The Balaban J connectivity index is 1.74. The number of fused-ring (bicyclic) bond motifs is 1. The van der Waals surface area contributed by atoms with Gasteiger partial charge in [-0.1, -0.05) is 18.2 Å². The van der Waals surface area contributed by atoms with Crippen LogP contribution < -0.4 is 0 Å². The van der Waals surface area contributed by atoms with E-state index in [1.807, 2.05) is 6.07 Å². The van der Waals surface area contributed by atoms with E-state index in [0.717, 1.165) is 0 Å². The molecule has 2 aliphatic heterocycles. The van der Waals surface area contributed by atoms with Gasteiger partial charge in [-0.25, -0.2) is 9.59 Å². The maximum Gasteiger partial charge on any atom is 0.338 e. The zero-order valence-corrected chi connectivity index (χ0v) is 13.0. The van der Waals surface area contributed by atoms with Crippen LogP contribution in [0.5, 0.6) is 0 Å². The molecule has 6 nitrogen and oxygen atoms in total. The van der Waals surface area contributed by atoms with Crippen molar-refractivity contribution in [3.63, 3.8) is 0 Å². The van der Waals surface area contributed by atoms with Gasteiger partial charge in [-0.05, 0) is 25.5 Å². The van der Waals surface area contributed by atoms with Gasteiger partial charge in [0.05, 0.1) is 18.7 Å². The summed E-state index contributed by atoms with van der Waals surface area (Å²) in [5.41, 5.74) is -0.509. The molecule has 3 rings (SSSR count). The van der Waals surface area contributed by atoms with Gasteiger partial charge in [-0.2, -0.15) is 0 Å². The zero-order chi connectivity index (χ0) is 16.4. The van der Waals surface area contributed by atoms with Crippen LogP contribution in [0.4, 0.5) is 0 Å². The largest absolute Gasteiger partial charge is 0.464 e. The molecule has 0 radical (unpaired) electrons. The van der Waals surface area contributed by atoms with E-state index in [2.05, 4.69) is 0 Å². The Hall–Kier alpha value is -2.37. The molecule has 122 valence electrons. The Morgan fingerprint density at radius 1 is 1.30 bits per heavy atom. The number of esters is 2. The van der Waals surface area contributed by atoms with Gasteiger partial charge >= 0.3 is 11.9 Å². The highest BCUT2D eigenvalue weighted by atomic mass is 16.6. The van der Waals surface area contributed by atoms with Crippen LogP contribution in [0.1, 0.15) is 36.5 Å². The molecule has 1 amide bonds. The Kier molecular flexibility index (Phi) is 4.07. The van der Waals surface area contributed by atoms with E-state index in [-0.39, 0.29) is 19.1 Å². The molecule has 2 unspecified atom stereocenters. The van der Waals surface area contributed by atoms with E-state index in [1.54, 1.807) is 31.2 Å². The summed E-state index contributed by atoms with van der Waals surface area (Å²) in [6.07, 6.45) is 0.564. The number of carbonyl (C=O) groups excluding carboxylic acids is 3. The van der Waals surface area contributed by atoms with Gasteiger partial charge in [0.2, 0.25) is 5.91 Å². The summed E-state index contributed by atoms with van der Waals surface area (Å²) < 4.78 is 10.6. The molecule has 1 aromatic carbocycles. The lowest BCUT2D eigenvalue weighted by Gasteiger charge is -2.28. The second kappa shape index (κ2) is 6.02. The highest BCUT2D eigenvalue weighted by Crippen LogP contribution is 2.41. The van der Waals surface area contributed by atoms with Crippen LogP contribution in [0.25, 0.3) is 0 Å². The van der Waals surface area contributed by atoms with E-state index in [4.69, 9.17) is 9.47 Å². The van der Waals surface area contributed by atoms with Crippen molar-refractivity contribution in [3.05, 3.63) is 35.9 Å². The van der Waals surface area contributed by atoms with Gasteiger partial charge in [0.25, 0.3) is 0 Å². The van der Waals surface area contributed by atoms with Gasteiger partial charge in [0.1, 0.15) is 11.6 Å². The monoisotopic (exact) mass is 317 g/mol. The lowest BCUT2D eigenvalue weighted by molar-refractivity contribution is -0.157. The lowest BCUT2D eigenvalue weighted by Crippen LogP contribution is -2.48. The number of hydrogen-bond donors (Lipinski definition) is 0. The Morgan fingerprint density at radius 2 is 2.04 bits per heavy atom. The minimum Gasteiger partial charge on any atom is -0.464 e. The number of nitrogens with zero attached hydrogens (tertiary/aromatic N) is 1. The van der Waals surface area contributed by atoms with Crippen molar-refractivity contribution in [2.24, 2.45) is 0 Å². The molecular weight excluding hydrogens is 298 g/mol. The molecule has 23 heavy (non-hydrogen) atoms. The lowest BCUT2D eigenvalue weighted by atomic mass is 9.93. The van der Waals surface area contributed by atoms with Crippen LogP contribution in [0, 0.1) is 0 Å². The fraction of sp³-hybridized carbons (Fsp3) is 0.471. The van der Waals surface area contributed by atoms with E-state index in [9.17, 15) is 14.4 Å². The molecule has 2 atom stereocenters. The van der Waals surface area contributed by atoms with E-state index < -0.39 is 23.6 Å². The molecule has 0 bridgehead atoms. The predicted octanol–water partition coefficient (Wildman–Crippen LogP) is 1.54. The number of benzene rings is 1. The van der Waals surface area contributed by atoms with Crippen molar-refractivity contribution in [1.82, 2.24) is 4.90 Å². The average molecular weight is 317 g/mol. The maximum absolute atomic E-state index is 12.3. The van der Waals surface area contributed by atoms with Crippen LogP contribution >= 0.6 is 0 Å². The summed E-state index contributed by atoms with van der Waals surface area (Å²) in [5, 5.41) is 0. The van der Waals surface area contributed by atoms with Crippen molar-refractivity contribution in [2.45, 2.75) is 37.8 Å². The number of rotatable bonds is 4. The van der Waals surface area contributed by atoms with Gasteiger partial charge in [0, 0.05) is 12.8 Å². The Bertz CT molecular complexity index is 629. The van der Waals surface area contributed by atoms with Crippen molar-refractivity contribution in [2.75, 3.05) is 13.2 Å². The van der Waals surface area contributed by atoms with Crippen LogP contribution in [0.2, 0.25) is 0 Å². The number of ether oxygens (including phenoxy) is 2. The topological polar surface area (TPSA) is 72.9 Å². The van der Waals surface area contributed by atoms with Crippen molar-refractivity contribution in [3.8, 4) is 0 Å².